The molecule has 214 valence electrons. The lowest BCUT2D eigenvalue weighted by Crippen LogP contribution is -2.51. The number of aliphatic carboxylic acids is 1. The van der Waals surface area contributed by atoms with Crippen LogP contribution in [0.2, 0.25) is 0 Å². The second-order valence-electron chi connectivity index (χ2n) is 10.1. The molecule has 0 aliphatic carbocycles. The van der Waals surface area contributed by atoms with E-state index in [0.29, 0.717) is 50.0 Å². The zero-order chi connectivity index (χ0) is 28.9. The first kappa shape index (κ1) is 29.0. The minimum Gasteiger partial charge on any atom is -0.480 e. The molecule has 2 aliphatic rings. The Kier molecular flexibility index (Phi) is 9.05. The number of carboxylic acid groups (broad SMARTS) is 1. The van der Waals surface area contributed by atoms with Crippen LogP contribution < -0.4 is 21.3 Å². The standard InChI is InChI=1S/C27H34N6O6S/c28-27(29)30-13-12-19-16-24(34)32(17-19)20-10-8-18(9-11-20)15-22(26(36)37)31-25(35)23-7-4-14-33(23)40(38,39)21-5-2-1-3-6-21/h1-3,5-6,8-11,19,22-23H,4,7,12-17H2,(H,31,35)(H,36,37)(H4,28,29,30)/t19?,22-,23-/m0/s1. The number of carbonyl (C=O) groups is 3. The molecule has 12 nitrogen and oxygen atoms in total. The molecule has 0 radical (unpaired) electrons. The van der Waals surface area contributed by atoms with Gasteiger partial charge in [0.15, 0.2) is 5.96 Å². The van der Waals surface area contributed by atoms with Gasteiger partial charge in [-0.05, 0) is 55.0 Å². The van der Waals surface area contributed by atoms with Crippen molar-refractivity contribution >= 4 is 39.5 Å². The lowest BCUT2D eigenvalue weighted by Gasteiger charge is -2.25. The van der Waals surface area contributed by atoms with E-state index in [9.17, 15) is 27.9 Å². The van der Waals surface area contributed by atoms with Crippen molar-refractivity contribution in [3.8, 4) is 0 Å². The minimum absolute atomic E-state index is 0.00715. The Balaban J connectivity index is 1.38. The molecule has 0 bridgehead atoms. The van der Waals surface area contributed by atoms with Crippen LogP contribution in [0, 0.1) is 11.3 Å². The first-order valence-corrected chi connectivity index (χ1v) is 14.6. The molecule has 0 spiro atoms. The van der Waals surface area contributed by atoms with Crippen LogP contribution in [0.5, 0.6) is 0 Å². The van der Waals surface area contributed by atoms with Gasteiger partial charge < -0.3 is 26.4 Å². The van der Waals surface area contributed by atoms with Gasteiger partial charge in [-0.1, -0.05) is 30.3 Å². The van der Waals surface area contributed by atoms with Crippen molar-refractivity contribution in [1.82, 2.24) is 14.9 Å². The van der Waals surface area contributed by atoms with Crippen molar-refractivity contribution in [1.29, 1.82) is 5.41 Å². The van der Waals surface area contributed by atoms with E-state index in [1.54, 1.807) is 47.4 Å². The highest BCUT2D eigenvalue weighted by Crippen LogP contribution is 2.28. The number of nitrogens with zero attached hydrogens (tertiary/aromatic N) is 2. The van der Waals surface area contributed by atoms with Crippen LogP contribution in [0.15, 0.2) is 59.5 Å². The molecule has 2 aromatic rings. The SMILES string of the molecule is N=C(N)NCCC1CC(=O)N(c2ccc(C[C@H](NC(=O)[C@@H]3CCCN3S(=O)(=O)c3ccccc3)C(=O)O)cc2)C1. The van der Waals surface area contributed by atoms with E-state index in [4.69, 9.17) is 11.1 Å². The third-order valence-electron chi connectivity index (χ3n) is 7.23. The molecule has 2 saturated heterocycles. The maximum absolute atomic E-state index is 13.1. The molecule has 2 aromatic carbocycles. The highest BCUT2D eigenvalue weighted by atomic mass is 32.2. The molecule has 2 fully saturated rings. The van der Waals surface area contributed by atoms with Gasteiger partial charge in [0.2, 0.25) is 21.8 Å². The van der Waals surface area contributed by atoms with Gasteiger partial charge in [-0.2, -0.15) is 4.31 Å². The number of amides is 2. The van der Waals surface area contributed by atoms with E-state index < -0.39 is 34.0 Å². The predicted molar refractivity (Wildman–Crippen MR) is 148 cm³/mol. The second-order valence-corrected chi connectivity index (χ2v) is 12.0. The largest absolute Gasteiger partial charge is 0.480 e. The number of carboxylic acids is 1. The van der Waals surface area contributed by atoms with Gasteiger partial charge in [-0.15, -0.1) is 0 Å². The van der Waals surface area contributed by atoms with Gasteiger partial charge in [-0.3, -0.25) is 15.0 Å². The van der Waals surface area contributed by atoms with Crippen molar-refractivity contribution in [2.24, 2.45) is 11.7 Å². The summed E-state index contributed by atoms with van der Waals surface area (Å²) < 4.78 is 27.4. The fraction of sp³-hybridized carbons (Fsp3) is 0.407. The summed E-state index contributed by atoms with van der Waals surface area (Å²) in [4.78, 5) is 39.4. The number of carbonyl (C=O) groups excluding carboxylic acids is 2. The van der Waals surface area contributed by atoms with Crippen LogP contribution in [0.25, 0.3) is 0 Å². The predicted octanol–water partition coefficient (Wildman–Crippen LogP) is 0.878. The van der Waals surface area contributed by atoms with Crippen LogP contribution in [-0.2, 0) is 30.8 Å². The summed E-state index contributed by atoms with van der Waals surface area (Å²) in [5, 5.41) is 22.3. The van der Waals surface area contributed by atoms with E-state index in [1.807, 2.05) is 0 Å². The summed E-state index contributed by atoms with van der Waals surface area (Å²) in [7, 11) is -3.90. The monoisotopic (exact) mass is 570 g/mol. The van der Waals surface area contributed by atoms with Gasteiger partial charge in [0.1, 0.15) is 12.1 Å². The Morgan fingerprint density at radius 2 is 1.82 bits per heavy atom. The number of hydrogen-bond donors (Lipinski definition) is 5. The number of sulfonamides is 1. The second kappa shape index (κ2) is 12.5. The molecule has 2 amide bonds. The number of hydrogen-bond acceptors (Lipinski definition) is 6. The molecular formula is C27H34N6O6S. The first-order valence-electron chi connectivity index (χ1n) is 13.1. The van der Waals surface area contributed by atoms with Crippen LogP contribution in [0.4, 0.5) is 5.69 Å². The molecular weight excluding hydrogens is 536 g/mol. The van der Waals surface area contributed by atoms with Crippen LogP contribution >= 0.6 is 0 Å². The molecule has 2 aliphatic heterocycles. The average Bonchev–Trinajstić information content (AvgIpc) is 3.56. The minimum atomic E-state index is -3.90. The van der Waals surface area contributed by atoms with Gasteiger partial charge in [0, 0.05) is 38.2 Å². The Morgan fingerprint density at radius 3 is 2.48 bits per heavy atom. The number of anilines is 1. The topological polar surface area (TPSA) is 186 Å². The molecule has 13 heteroatoms. The number of nitrogens with one attached hydrogen (secondary N) is 3. The Morgan fingerprint density at radius 1 is 1.12 bits per heavy atom. The maximum atomic E-state index is 13.1. The van der Waals surface area contributed by atoms with E-state index >= 15 is 0 Å². The fourth-order valence-corrected chi connectivity index (χ4v) is 6.85. The summed E-state index contributed by atoms with van der Waals surface area (Å²) in [6, 6.07) is 12.5. The lowest BCUT2D eigenvalue weighted by atomic mass is 10.0. The number of nitrogens with two attached hydrogens (primary N) is 1. The van der Waals surface area contributed by atoms with E-state index in [2.05, 4.69) is 10.6 Å². The number of guanidine groups is 1. The van der Waals surface area contributed by atoms with Crippen LogP contribution in [-0.4, -0.2) is 73.3 Å². The van der Waals surface area contributed by atoms with Crippen molar-refractivity contribution in [2.75, 3.05) is 24.5 Å². The number of rotatable bonds is 11. The maximum Gasteiger partial charge on any atom is 0.326 e. The van der Waals surface area contributed by atoms with Gasteiger partial charge in [-0.25, -0.2) is 13.2 Å². The molecule has 0 aromatic heterocycles. The first-order chi connectivity index (χ1) is 19.1. The fourth-order valence-electron chi connectivity index (χ4n) is 5.17. The summed E-state index contributed by atoms with van der Waals surface area (Å²) in [6.07, 6.45) is 1.88. The molecule has 3 atom stereocenters. The van der Waals surface area contributed by atoms with Crippen molar-refractivity contribution in [3.63, 3.8) is 0 Å². The molecule has 1 unspecified atom stereocenters. The summed E-state index contributed by atoms with van der Waals surface area (Å²) >= 11 is 0. The van der Waals surface area contributed by atoms with E-state index in [1.165, 1.54) is 12.1 Å². The number of benzene rings is 2. The molecule has 4 rings (SSSR count). The Hall–Kier alpha value is -3.97. The Labute approximate surface area is 233 Å². The summed E-state index contributed by atoms with van der Waals surface area (Å²) in [5.74, 6) is -1.86. The van der Waals surface area contributed by atoms with Crippen molar-refractivity contribution in [3.05, 3.63) is 60.2 Å². The van der Waals surface area contributed by atoms with E-state index in [0.717, 1.165) is 4.31 Å². The lowest BCUT2D eigenvalue weighted by molar-refractivity contribution is -0.142. The van der Waals surface area contributed by atoms with Crippen molar-refractivity contribution < 1.29 is 27.9 Å². The normalized spacial score (nSPS) is 20.3. The zero-order valence-electron chi connectivity index (χ0n) is 22.0. The summed E-state index contributed by atoms with van der Waals surface area (Å²) in [5.41, 5.74) is 6.64. The summed E-state index contributed by atoms with van der Waals surface area (Å²) in [6.45, 7) is 1.23. The Bertz CT molecular complexity index is 1350. The third-order valence-corrected chi connectivity index (χ3v) is 9.15. The van der Waals surface area contributed by atoms with Crippen molar-refractivity contribution in [2.45, 2.75) is 49.1 Å². The average molecular weight is 571 g/mol. The van der Waals surface area contributed by atoms with Gasteiger partial charge >= 0.3 is 5.97 Å². The molecule has 2 heterocycles. The third kappa shape index (κ3) is 6.77. The highest BCUT2D eigenvalue weighted by Gasteiger charge is 2.40. The van der Waals surface area contributed by atoms with Gasteiger partial charge in [0.05, 0.1) is 4.90 Å². The zero-order valence-corrected chi connectivity index (χ0v) is 22.8. The quantitative estimate of drug-likeness (QED) is 0.195. The van der Waals surface area contributed by atoms with E-state index in [-0.39, 0.29) is 35.6 Å². The van der Waals surface area contributed by atoms with Crippen LogP contribution in [0.1, 0.15) is 31.2 Å². The molecule has 0 saturated carbocycles. The molecule has 6 N–H and O–H groups in total. The molecule has 40 heavy (non-hydrogen) atoms. The highest BCUT2D eigenvalue weighted by molar-refractivity contribution is 7.89. The van der Waals surface area contributed by atoms with Gasteiger partial charge in [0.25, 0.3) is 0 Å². The smallest absolute Gasteiger partial charge is 0.326 e. The van der Waals surface area contributed by atoms with Crippen LogP contribution in [0.3, 0.4) is 0 Å².